The fourth-order valence-corrected chi connectivity index (χ4v) is 5.44. The van der Waals surface area contributed by atoms with Crippen LogP contribution in [0.5, 0.6) is 0 Å². The summed E-state index contributed by atoms with van der Waals surface area (Å²) in [4.78, 5) is 0. The Morgan fingerprint density at radius 2 is 1.71 bits per heavy atom. The smallest absolute Gasteiger partial charge is 0.391 e. The summed E-state index contributed by atoms with van der Waals surface area (Å²) in [5, 5.41) is 0. The van der Waals surface area contributed by atoms with E-state index in [-0.39, 0.29) is 0 Å². The second-order valence-electron chi connectivity index (χ2n) is 2.20. The average Bonchev–Trinajstić information content (AvgIpc) is 2.47. The largest absolute Gasteiger partial charge is 0.564 e. The summed E-state index contributed by atoms with van der Waals surface area (Å²) in [7, 11) is 20.8. The van der Waals surface area contributed by atoms with Crippen molar-refractivity contribution in [2.45, 2.75) is 0 Å². The lowest BCUT2D eigenvalue weighted by Gasteiger charge is -1.97. The minimum atomic E-state index is -2.94. The topological polar surface area (TPSA) is 0 Å². The summed E-state index contributed by atoms with van der Waals surface area (Å²) in [5.41, 5.74) is 0. The Hall–Kier alpha value is 1.65. The van der Waals surface area contributed by atoms with Crippen LogP contribution in [0, 0.1) is 0 Å². The Labute approximate surface area is 110 Å². The standard InChI is InChI=1S/C6H4PS2.Al.4ClH/c1-2-4-6-5(3-1)8-7-9-6;;;;;/h1-4H;;4*1H/q+1;+3;;;;/p-4. The van der Waals surface area contributed by atoms with Crippen molar-refractivity contribution in [2.24, 2.45) is 0 Å². The highest BCUT2D eigenvalue weighted by atomic mass is 35.9. The van der Waals surface area contributed by atoms with Gasteiger partial charge in [0.15, 0.2) is 9.40 Å². The maximum atomic E-state index is 4.99. The second-order valence-corrected chi connectivity index (χ2v) is 19.3. The Morgan fingerprint density at radius 1 is 1.14 bits per heavy atom. The Balaban J connectivity index is 0.000000171. The van der Waals surface area contributed by atoms with Crippen LogP contribution in [-0.4, -0.2) is 9.39 Å². The van der Waals surface area contributed by atoms with Crippen molar-refractivity contribution in [1.82, 2.24) is 0 Å². The molecule has 0 aliphatic rings. The molecule has 1 heterocycles. The zero-order chi connectivity index (χ0) is 10.6. The number of fused-ring (bicyclic) bond motifs is 1. The summed E-state index contributed by atoms with van der Waals surface area (Å²) in [6.07, 6.45) is 0. The van der Waals surface area contributed by atoms with Gasteiger partial charge in [-0.3, -0.25) is 0 Å². The van der Waals surface area contributed by atoms with E-state index in [9.17, 15) is 0 Å². The number of rotatable bonds is 0. The second kappa shape index (κ2) is 6.40. The highest BCUT2D eigenvalue weighted by Crippen LogP contribution is 2.34. The van der Waals surface area contributed by atoms with E-state index in [0.717, 1.165) is 0 Å². The van der Waals surface area contributed by atoms with Crippen molar-refractivity contribution in [2.75, 3.05) is 0 Å². The van der Waals surface area contributed by atoms with Crippen LogP contribution in [-0.2, 0) is 0 Å². The molecule has 14 heavy (non-hydrogen) atoms. The molecule has 2 aromatic rings. The molecule has 2 rings (SSSR count). The van der Waals surface area contributed by atoms with Crippen LogP contribution in [0.1, 0.15) is 0 Å². The molecule has 0 saturated carbocycles. The quantitative estimate of drug-likeness (QED) is 0.396. The van der Waals surface area contributed by atoms with Gasteiger partial charge in [-0.2, -0.15) is 0 Å². The van der Waals surface area contributed by atoms with Gasteiger partial charge in [-0.1, -0.05) is 12.1 Å². The average molecular weight is 340 g/mol. The molecule has 0 N–H and O–H groups in total. The van der Waals surface area contributed by atoms with Gasteiger partial charge in [0.25, 0.3) is 0 Å². The summed E-state index contributed by atoms with van der Waals surface area (Å²) < 4.78 is 2.87. The zero-order valence-corrected chi connectivity index (χ0v) is 13.4. The lowest BCUT2D eigenvalue weighted by atomic mass is 10.4. The molecule has 0 bridgehead atoms. The van der Waals surface area contributed by atoms with E-state index in [1.54, 1.807) is 0 Å². The van der Waals surface area contributed by atoms with Gasteiger partial charge in [0.2, 0.25) is 0 Å². The highest BCUT2D eigenvalue weighted by molar-refractivity contribution is 8.08. The zero-order valence-electron chi connectivity index (χ0n) is 6.66. The van der Waals surface area contributed by atoms with Crippen molar-refractivity contribution in [3.63, 3.8) is 0 Å². The Kier molecular flexibility index (Phi) is 6.27. The maximum absolute atomic E-state index is 4.99. The summed E-state index contributed by atoms with van der Waals surface area (Å²) in [5.74, 6) is 0. The lowest BCUT2D eigenvalue weighted by molar-refractivity contribution is 1.88. The SMILES string of the molecule is [Cl][Al-]([Cl])([Cl])[Cl].c1ccc2[s+]psc2c1. The predicted molar refractivity (Wildman–Crippen MR) is 75.8 cm³/mol. The van der Waals surface area contributed by atoms with Crippen LogP contribution in [0.3, 0.4) is 0 Å². The van der Waals surface area contributed by atoms with E-state index in [4.69, 9.17) is 40.2 Å². The fourth-order valence-electron chi connectivity index (χ4n) is 0.700. The summed E-state index contributed by atoms with van der Waals surface area (Å²) in [6, 6.07) is 8.53. The van der Waals surface area contributed by atoms with Gasteiger partial charge in [0.1, 0.15) is 21.9 Å². The molecule has 1 aromatic carbocycles. The molecule has 0 amide bonds. The molecule has 0 radical (unpaired) electrons. The van der Waals surface area contributed by atoms with E-state index in [1.807, 2.05) is 21.9 Å². The van der Waals surface area contributed by atoms with Crippen LogP contribution in [0.2, 0.25) is 0 Å². The van der Waals surface area contributed by atoms with Gasteiger partial charge in [-0.05, 0) is 12.1 Å². The Morgan fingerprint density at radius 3 is 2.29 bits per heavy atom. The third-order valence-electron chi connectivity index (χ3n) is 1.12. The number of benzene rings is 1. The van der Waals surface area contributed by atoms with Crippen LogP contribution < -0.4 is 0 Å². The van der Waals surface area contributed by atoms with Crippen molar-refractivity contribution in [3.05, 3.63) is 24.3 Å². The molecular formula is C6H4AlCl4PS2. The van der Waals surface area contributed by atoms with E-state index < -0.39 is 9.39 Å². The third kappa shape index (κ3) is 6.28. The molecule has 0 atom stereocenters. The lowest BCUT2D eigenvalue weighted by Crippen LogP contribution is -1.91. The molecular weight excluding hydrogens is 336 g/mol. The van der Waals surface area contributed by atoms with E-state index >= 15 is 0 Å². The molecule has 0 aliphatic carbocycles. The van der Waals surface area contributed by atoms with Gasteiger partial charge < -0.3 is 40.2 Å². The predicted octanol–water partition coefficient (Wildman–Crippen LogP) is 6.20. The van der Waals surface area contributed by atoms with Gasteiger partial charge >= 0.3 is 15.9 Å². The van der Waals surface area contributed by atoms with Gasteiger partial charge in [-0.15, -0.1) is 0 Å². The van der Waals surface area contributed by atoms with Gasteiger partial charge in [-0.25, -0.2) is 0 Å². The van der Waals surface area contributed by atoms with Crippen molar-refractivity contribution >= 4 is 87.4 Å². The van der Waals surface area contributed by atoms with Crippen molar-refractivity contribution in [1.29, 1.82) is 0 Å². The molecule has 76 valence electrons. The first kappa shape index (κ1) is 13.7. The van der Waals surface area contributed by atoms with Gasteiger partial charge in [0.05, 0.1) is 0 Å². The summed E-state index contributed by atoms with van der Waals surface area (Å²) in [6.45, 7) is 1.41. The van der Waals surface area contributed by atoms with E-state index in [1.165, 1.54) is 16.0 Å². The first-order valence-electron chi connectivity index (χ1n) is 3.47. The minimum absolute atomic E-state index is 1.41. The van der Waals surface area contributed by atoms with Crippen LogP contribution in [0.15, 0.2) is 24.3 Å². The Bertz CT molecular complexity index is 366. The molecule has 0 fully saturated rings. The number of halogens is 4. The normalized spacial score (nSPS) is 11.4. The first-order chi connectivity index (χ1) is 6.47. The van der Waals surface area contributed by atoms with E-state index in [0.29, 0.717) is 0 Å². The maximum Gasteiger partial charge on any atom is 0.564 e. The fraction of sp³-hybridized carbons (Fsp3) is 0. The number of hydrogen-bond acceptors (Lipinski definition) is 1. The number of hydrogen-bond donors (Lipinski definition) is 0. The minimum Gasteiger partial charge on any atom is -0.391 e. The molecule has 8 heteroatoms. The molecule has 0 nitrogen and oxygen atoms in total. The highest BCUT2D eigenvalue weighted by Gasteiger charge is 2.14. The molecule has 0 spiro atoms. The summed E-state index contributed by atoms with van der Waals surface area (Å²) >= 11 is 0. The molecule has 1 aromatic heterocycles. The van der Waals surface area contributed by atoms with Crippen LogP contribution in [0.25, 0.3) is 9.40 Å². The monoisotopic (exact) mass is 338 g/mol. The van der Waals surface area contributed by atoms with Crippen molar-refractivity contribution < 1.29 is 0 Å². The van der Waals surface area contributed by atoms with Crippen molar-refractivity contribution in [3.8, 4) is 0 Å². The molecule has 0 saturated heterocycles. The third-order valence-corrected chi connectivity index (χ3v) is 5.47. The van der Waals surface area contributed by atoms with E-state index in [2.05, 4.69) is 24.3 Å². The van der Waals surface area contributed by atoms with Gasteiger partial charge in [0, 0.05) is 0 Å². The first-order valence-corrected chi connectivity index (χ1v) is 14.2. The van der Waals surface area contributed by atoms with Crippen LogP contribution >= 0.6 is 68.6 Å². The molecule has 0 unspecified atom stereocenters. The molecule has 0 aliphatic heterocycles. The van der Waals surface area contributed by atoms with Crippen LogP contribution in [0.4, 0.5) is 0 Å².